The zero-order valence-corrected chi connectivity index (χ0v) is 19.5. The van der Waals surface area contributed by atoms with Gasteiger partial charge in [0.2, 0.25) is 0 Å². The Morgan fingerprint density at radius 1 is 0.848 bits per heavy atom. The van der Waals surface area contributed by atoms with Crippen molar-refractivity contribution in [3.05, 3.63) is 113 Å². The molecule has 7 heteroatoms. The molecular weight excluding hydrogens is 428 g/mol. The van der Waals surface area contributed by atoms with Gasteiger partial charge in [-0.15, -0.1) is 22.4 Å². The van der Waals surface area contributed by atoms with Crippen molar-refractivity contribution in [1.82, 2.24) is 25.9 Å². The van der Waals surface area contributed by atoms with Crippen molar-refractivity contribution in [1.29, 1.82) is 0 Å². The van der Waals surface area contributed by atoms with Crippen LogP contribution in [-0.4, -0.2) is 20.6 Å². The highest BCUT2D eigenvalue weighted by atomic mass is 32.2. The lowest BCUT2D eigenvalue weighted by Gasteiger charge is -2.19. The average molecular weight is 455 g/mol. The molecule has 0 atom stereocenters. The second-order valence-electron chi connectivity index (χ2n) is 8.05. The Labute approximate surface area is 198 Å². The second-order valence-corrected chi connectivity index (χ2v) is 9.01. The first-order chi connectivity index (χ1) is 16.2. The number of aromatic nitrogens is 2. The van der Waals surface area contributed by atoms with Gasteiger partial charge in [0.15, 0.2) is 5.84 Å². The van der Waals surface area contributed by atoms with Gasteiger partial charge < -0.3 is 0 Å². The fourth-order valence-corrected chi connectivity index (χ4v) is 4.80. The molecule has 0 saturated heterocycles. The Kier molecular flexibility index (Phi) is 6.15. The van der Waals surface area contributed by atoms with Gasteiger partial charge in [0.25, 0.3) is 0 Å². The topological polar surface area (TPSA) is 57.5 Å². The lowest BCUT2D eigenvalue weighted by Crippen LogP contribution is -2.40. The molecular formula is C26H26N6S. The van der Waals surface area contributed by atoms with Crippen LogP contribution in [0.3, 0.4) is 0 Å². The molecule has 2 N–H and O–H groups in total. The molecule has 0 fully saturated rings. The number of thioether (sulfide) groups is 1. The fourth-order valence-electron chi connectivity index (χ4n) is 3.73. The maximum atomic E-state index is 4.79. The van der Waals surface area contributed by atoms with Gasteiger partial charge in [-0.3, -0.25) is 5.01 Å². The highest BCUT2D eigenvalue weighted by Gasteiger charge is 2.25. The molecule has 166 valence electrons. The summed E-state index contributed by atoms with van der Waals surface area (Å²) < 4.78 is 2.02. The molecule has 4 aromatic rings. The largest absolute Gasteiger partial charge is 0.266 e. The number of aryl methyl sites for hydroxylation is 2. The van der Waals surface area contributed by atoms with Crippen molar-refractivity contribution in [2.24, 2.45) is 5.10 Å². The Balaban J connectivity index is 1.50. The standard InChI is InChI=1S/C26H26N6S/c1-19-13-14-23(15-20(19)2)32-26(33-18-22-11-7-4-8-12-22)24(16-27-32)25-28-29-30-31(25)17-21-9-5-3-6-10-21/h3-16,29-30H,17-18H2,1-2H3. The van der Waals surface area contributed by atoms with Gasteiger partial charge in [-0.25, -0.2) is 10.2 Å². The SMILES string of the molecule is Cc1ccc(-n2ncc(C3=NNNN3Cc3ccccc3)c2SCc2ccccc2)cc1C. The van der Waals surface area contributed by atoms with E-state index in [4.69, 9.17) is 5.10 Å². The van der Waals surface area contributed by atoms with E-state index in [0.29, 0.717) is 6.54 Å². The third-order valence-corrected chi connectivity index (χ3v) is 6.85. The predicted octanol–water partition coefficient (Wildman–Crippen LogP) is 4.97. The molecule has 0 spiro atoms. The van der Waals surface area contributed by atoms with Crippen LogP contribution in [-0.2, 0) is 12.3 Å². The Hall–Kier alpha value is -3.55. The van der Waals surface area contributed by atoms with Crippen LogP contribution in [0.4, 0.5) is 0 Å². The van der Waals surface area contributed by atoms with Crippen LogP contribution in [0.15, 0.2) is 95.2 Å². The molecule has 2 heterocycles. The molecule has 1 aromatic heterocycles. The summed E-state index contributed by atoms with van der Waals surface area (Å²) in [4.78, 5) is 0. The van der Waals surface area contributed by atoms with Crippen LogP contribution in [0.5, 0.6) is 0 Å². The van der Waals surface area contributed by atoms with Crippen molar-refractivity contribution < 1.29 is 0 Å². The summed E-state index contributed by atoms with van der Waals surface area (Å²) in [5.41, 5.74) is 13.1. The van der Waals surface area contributed by atoms with Crippen molar-refractivity contribution in [3.63, 3.8) is 0 Å². The average Bonchev–Trinajstić information content (AvgIpc) is 3.47. The van der Waals surface area contributed by atoms with Crippen LogP contribution in [0.25, 0.3) is 5.69 Å². The zero-order valence-electron chi connectivity index (χ0n) is 18.7. The van der Waals surface area contributed by atoms with Crippen LogP contribution < -0.4 is 11.1 Å². The Bertz CT molecular complexity index is 1270. The number of hydrogen-bond donors (Lipinski definition) is 2. The number of hydrazone groups is 1. The molecule has 6 nitrogen and oxygen atoms in total. The van der Waals surface area contributed by atoms with Crippen molar-refractivity contribution in [2.45, 2.75) is 31.2 Å². The number of amidine groups is 1. The van der Waals surface area contributed by atoms with E-state index in [9.17, 15) is 0 Å². The van der Waals surface area contributed by atoms with Gasteiger partial charge in [-0.2, -0.15) is 5.10 Å². The Morgan fingerprint density at radius 2 is 1.58 bits per heavy atom. The van der Waals surface area contributed by atoms with Gasteiger partial charge in [0.1, 0.15) is 5.03 Å². The summed E-state index contributed by atoms with van der Waals surface area (Å²) in [6, 6.07) is 27.3. The van der Waals surface area contributed by atoms with E-state index in [0.717, 1.165) is 27.9 Å². The second kappa shape index (κ2) is 9.52. The van der Waals surface area contributed by atoms with E-state index in [-0.39, 0.29) is 0 Å². The fraction of sp³-hybridized carbons (Fsp3) is 0.154. The van der Waals surface area contributed by atoms with E-state index < -0.39 is 0 Å². The van der Waals surface area contributed by atoms with Gasteiger partial charge in [0, 0.05) is 5.75 Å². The highest BCUT2D eigenvalue weighted by molar-refractivity contribution is 7.98. The van der Waals surface area contributed by atoms with E-state index in [1.165, 1.54) is 22.3 Å². The summed E-state index contributed by atoms with van der Waals surface area (Å²) in [7, 11) is 0. The zero-order chi connectivity index (χ0) is 22.6. The smallest absolute Gasteiger partial charge is 0.177 e. The molecule has 0 unspecified atom stereocenters. The van der Waals surface area contributed by atoms with Gasteiger partial charge >= 0.3 is 0 Å². The third kappa shape index (κ3) is 4.65. The molecule has 0 bridgehead atoms. The highest BCUT2D eigenvalue weighted by Crippen LogP contribution is 2.31. The molecule has 1 aliphatic rings. The van der Waals surface area contributed by atoms with E-state index in [2.05, 4.69) is 96.7 Å². The van der Waals surface area contributed by atoms with E-state index in [1.54, 1.807) is 11.8 Å². The maximum absolute atomic E-state index is 4.79. The summed E-state index contributed by atoms with van der Waals surface area (Å²) in [6.45, 7) is 4.95. The van der Waals surface area contributed by atoms with Crippen molar-refractivity contribution in [2.75, 3.05) is 0 Å². The van der Waals surface area contributed by atoms with E-state index in [1.807, 2.05) is 28.0 Å². The maximum Gasteiger partial charge on any atom is 0.177 e. The number of hydrogen-bond acceptors (Lipinski definition) is 6. The van der Waals surface area contributed by atoms with Gasteiger partial charge in [-0.1, -0.05) is 66.7 Å². The molecule has 0 amide bonds. The summed E-state index contributed by atoms with van der Waals surface area (Å²) in [5, 5.41) is 12.4. The predicted molar refractivity (Wildman–Crippen MR) is 134 cm³/mol. The normalized spacial score (nSPS) is 13.2. The molecule has 33 heavy (non-hydrogen) atoms. The van der Waals surface area contributed by atoms with E-state index >= 15 is 0 Å². The summed E-state index contributed by atoms with van der Waals surface area (Å²) in [6.07, 6.45) is 1.91. The van der Waals surface area contributed by atoms with Crippen LogP contribution in [0, 0.1) is 13.8 Å². The van der Waals surface area contributed by atoms with Crippen molar-refractivity contribution >= 4 is 17.6 Å². The first-order valence-corrected chi connectivity index (χ1v) is 11.9. The first kappa shape index (κ1) is 21.3. The molecule has 3 aromatic carbocycles. The third-order valence-electron chi connectivity index (χ3n) is 5.71. The minimum atomic E-state index is 0.685. The summed E-state index contributed by atoms with van der Waals surface area (Å²) in [5.74, 6) is 1.67. The van der Waals surface area contributed by atoms with Crippen LogP contribution >= 0.6 is 11.8 Å². The molecule has 0 radical (unpaired) electrons. The summed E-state index contributed by atoms with van der Waals surface area (Å²) >= 11 is 1.77. The number of benzene rings is 3. The molecule has 0 saturated carbocycles. The van der Waals surface area contributed by atoms with Crippen LogP contribution in [0.2, 0.25) is 0 Å². The number of hydrazine groups is 2. The van der Waals surface area contributed by atoms with Crippen molar-refractivity contribution in [3.8, 4) is 5.69 Å². The molecule has 5 rings (SSSR count). The lowest BCUT2D eigenvalue weighted by molar-refractivity contribution is 0.288. The molecule has 0 aliphatic carbocycles. The lowest BCUT2D eigenvalue weighted by atomic mass is 10.1. The minimum absolute atomic E-state index is 0.685. The number of rotatable bonds is 7. The number of nitrogens with one attached hydrogen (secondary N) is 2. The Morgan fingerprint density at radius 3 is 2.30 bits per heavy atom. The molecule has 1 aliphatic heterocycles. The first-order valence-electron chi connectivity index (χ1n) is 10.9. The van der Waals surface area contributed by atoms with Crippen LogP contribution in [0.1, 0.15) is 27.8 Å². The minimum Gasteiger partial charge on any atom is -0.266 e. The number of nitrogens with zero attached hydrogens (tertiary/aromatic N) is 4. The van der Waals surface area contributed by atoms with Gasteiger partial charge in [0.05, 0.1) is 24.0 Å². The monoisotopic (exact) mass is 454 g/mol. The quantitative estimate of drug-likeness (QED) is 0.386. The van der Waals surface area contributed by atoms with Gasteiger partial charge in [-0.05, 0) is 48.2 Å².